The maximum atomic E-state index is 5.77. The summed E-state index contributed by atoms with van der Waals surface area (Å²) in [4.78, 5) is 13.3. The standard InChI is InChI=1S/C23H24N4O.CH3.Cs/c1-15-11-20-17(12-25-16(2)21(20)14-24-15)5-6-18-7-8-19(13-26-18)27-22-9-10-28-23(22,3)4;;/h7-8,11-14,22,27H,9-10H2,1-4H3;1H3;/q;-1;+1. The van der Waals surface area contributed by atoms with E-state index in [1.165, 1.54) is 0 Å². The summed E-state index contributed by atoms with van der Waals surface area (Å²) in [6.07, 6.45) is 6.52. The van der Waals surface area contributed by atoms with Crippen LogP contribution in [-0.2, 0) is 4.74 Å². The number of ether oxygens (including phenoxy) is 1. The predicted molar refractivity (Wildman–Crippen MR) is 118 cm³/mol. The van der Waals surface area contributed by atoms with Crippen molar-refractivity contribution in [3.8, 4) is 11.8 Å². The summed E-state index contributed by atoms with van der Waals surface area (Å²) in [5.74, 6) is 6.38. The molecule has 3 aromatic heterocycles. The van der Waals surface area contributed by atoms with Gasteiger partial charge >= 0.3 is 68.9 Å². The molecule has 5 nitrogen and oxygen atoms in total. The van der Waals surface area contributed by atoms with Gasteiger partial charge in [0.05, 0.1) is 29.1 Å². The average Bonchev–Trinajstić information content (AvgIpc) is 3.00. The van der Waals surface area contributed by atoms with Crippen molar-refractivity contribution < 1.29 is 73.6 Å². The van der Waals surface area contributed by atoms with E-state index in [0.29, 0.717) is 0 Å². The summed E-state index contributed by atoms with van der Waals surface area (Å²) < 4.78 is 5.77. The molecule has 1 saturated heterocycles. The number of aryl methyl sites for hydroxylation is 2. The van der Waals surface area contributed by atoms with Crippen molar-refractivity contribution in [2.24, 2.45) is 0 Å². The normalized spacial score (nSPS) is 16.7. The second-order valence-electron chi connectivity index (χ2n) is 7.75. The molecule has 0 aromatic carbocycles. The van der Waals surface area contributed by atoms with Gasteiger partial charge in [0.1, 0.15) is 5.69 Å². The Labute approximate surface area is 238 Å². The second kappa shape index (κ2) is 10.6. The molecule has 6 heteroatoms. The molecule has 1 aliphatic heterocycles. The molecule has 4 rings (SSSR count). The Bertz CT molecular complexity index is 1080. The third-order valence-corrected chi connectivity index (χ3v) is 5.26. The summed E-state index contributed by atoms with van der Waals surface area (Å²) >= 11 is 0. The van der Waals surface area contributed by atoms with E-state index >= 15 is 0 Å². The maximum absolute atomic E-state index is 5.77. The molecule has 3 aromatic rings. The van der Waals surface area contributed by atoms with Crippen LogP contribution < -0.4 is 74.2 Å². The smallest absolute Gasteiger partial charge is 0.378 e. The van der Waals surface area contributed by atoms with E-state index in [-0.39, 0.29) is 88.0 Å². The van der Waals surface area contributed by atoms with Crippen LogP contribution >= 0.6 is 0 Å². The Kier molecular flexibility index (Phi) is 8.95. The minimum absolute atomic E-state index is 0. The number of nitrogens with zero attached hydrogens (tertiary/aromatic N) is 3. The zero-order valence-corrected chi connectivity index (χ0v) is 25.0. The zero-order valence-electron chi connectivity index (χ0n) is 18.7. The van der Waals surface area contributed by atoms with Crippen LogP contribution in [0.5, 0.6) is 0 Å². The molecule has 0 aliphatic carbocycles. The summed E-state index contributed by atoms with van der Waals surface area (Å²) in [7, 11) is 0. The van der Waals surface area contributed by atoms with Gasteiger partial charge in [0.15, 0.2) is 0 Å². The number of nitrogens with one attached hydrogen (secondary N) is 1. The van der Waals surface area contributed by atoms with Crippen LogP contribution in [0.2, 0.25) is 0 Å². The average molecular weight is 520 g/mol. The fraction of sp³-hybridized carbons (Fsp3) is 0.333. The molecule has 30 heavy (non-hydrogen) atoms. The predicted octanol–water partition coefficient (Wildman–Crippen LogP) is 1.48. The Hall–Kier alpha value is -0.918. The van der Waals surface area contributed by atoms with Gasteiger partial charge in [-0.1, -0.05) is 5.92 Å². The molecule has 0 radical (unpaired) electrons. The largest absolute Gasteiger partial charge is 1.00 e. The van der Waals surface area contributed by atoms with Gasteiger partial charge < -0.3 is 17.5 Å². The van der Waals surface area contributed by atoms with E-state index in [9.17, 15) is 0 Å². The SMILES string of the molecule is Cc1cc2c(C#Cc3ccc(NC4CCOC4(C)C)cn3)cnc(C)c2cn1.[CH3-].[Cs+]. The number of rotatable bonds is 2. The molecule has 1 atom stereocenters. The first-order valence-electron chi connectivity index (χ1n) is 9.53. The number of aromatic nitrogens is 3. The summed E-state index contributed by atoms with van der Waals surface area (Å²) in [6, 6.07) is 6.30. The van der Waals surface area contributed by atoms with Gasteiger partial charge in [0, 0.05) is 41.2 Å². The van der Waals surface area contributed by atoms with Crippen LogP contribution in [0.4, 0.5) is 5.69 Å². The summed E-state index contributed by atoms with van der Waals surface area (Å²) in [5.41, 5.74) is 4.37. The molecule has 0 spiro atoms. The minimum Gasteiger partial charge on any atom is -0.378 e. The molecular weight excluding hydrogens is 493 g/mol. The van der Waals surface area contributed by atoms with Gasteiger partial charge in [-0.25, -0.2) is 4.98 Å². The van der Waals surface area contributed by atoms with Crippen LogP contribution in [0, 0.1) is 33.1 Å². The number of fused-ring (bicyclic) bond motifs is 1. The molecule has 0 bridgehead atoms. The molecule has 1 aliphatic rings. The topological polar surface area (TPSA) is 59.9 Å². The van der Waals surface area contributed by atoms with Crippen molar-refractivity contribution in [1.29, 1.82) is 0 Å². The van der Waals surface area contributed by atoms with E-state index < -0.39 is 0 Å². The molecule has 1 N–H and O–H groups in total. The van der Waals surface area contributed by atoms with E-state index in [4.69, 9.17) is 4.74 Å². The molecule has 1 unspecified atom stereocenters. The van der Waals surface area contributed by atoms with Crippen molar-refractivity contribution in [2.75, 3.05) is 11.9 Å². The van der Waals surface area contributed by atoms with Gasteiger partial charge in [0.25, 0.3) is 0 Å². The van der Waals surface area contributed by atoms with Crippen molar-refractivity contribution in [2.45, 2.75) is 45.8 Å². The van der Waals surface area contributed by atoms with E-state index in [0.717, 1.165) is 52.1 Å². The van der Waals surface area contributed by atoms with Gasteiger partial charge in [-0.15, -0.1) is 0 Å². The van der Waals surface area contributed by atoms with Crippen LogP contribution in [0.15, 0.2) is 36.8 Å². The van der Waals surface area contributed by atoms with Crippen molar-refractivity contribution in [1.82, 2.24) is 15.0 Å². The van der Waals surface area contributed by atoms with Crippen molar-refractivity contribution >= 4 is 16.5 Å². The van der Waals surface area contributed by atoms with Crippen LogP contribution in [0.1, 0.15) is 42.9 Å². The van der Waals surface area contributed by atoms with Gasteiger partial charge in [-0.3, -0.25) is 9.97 Å². The monoisotopic (exact) mass is 520 g/mol. The second-order valence-corrected chi connectivity index (χ2v) is 7.75. The third-order valence-electron chi connectivity index (χ3n) is 5.26. The Balaban J connectivity index is 0.00000160. The quantitative estimate of drug-likeness (QED) is 0.410. The van der Waals surface area contributed by atoms with Gasteiger partial charge in [-0.05, 0) is 58.2 Å². The van der Waals surface area contributed by atoms with Crippen LogP contribution in [0.3, 0.4) is 0 Å². The fourth-order valence-corrected chi connectivity index (χ4v) is 3.49. The first-order chi connectivity index (χ1) is 13.4. The fourth-order valence-electron chi connectivity index (χ4n) is 3.49. The molecule has 0 amide bonds. The number of hydrogen-bond acceptors (Lipinski definition) is 5. The molecule has 150 valence electrons. The van der Waals surface area contributed by atoms with Crippen molar-refractivity contribution in [3.63, 3.8) is 0 Å². The van der Waals surface area contributed by atoms with E-state index in [1.54, 1.807) is 0 Å². The van der Waals surface area contributed by atoms with Gasteiger partial charge in [0.2, 0.25) is 0 Å². The molecular formula is C24H27CsN4O. The number of hydrogen-bond donors (Lipinski definition) is 1. The van der Waals surface area contributed by atoms with E-state index in [1.807, 2.05) is 44.6 Å². The zero-order chi connectivity index (χ0) is 19.7. The Morgan fingerprint density at radius 3 is 2.50 bits per heavy atom. The van der Waals surface area contributed by atoms with Gasteiger partial charge in [-0.2, -0.15) is 0 Å². The molecule has 0 saturated carbocycles. The third kappa shape index (κ3) is 5.65. The Morgan fingerprint density at radius 2 is 1.83 bits per heavy atom. The summed E-state index contributed by atoms with van der Waals surface area (Å²) in [5, 5.41) is 5.63. The number of pyridine rings is 3. The van der Waals surface area contributed by atoms with E-state index in [2.05, 4.69) is 52.0 Å². The maximum Gasteiger partial charge on any atom is 1.00 e. The van der Waals surface area contributed by atoms with Crippen LogP contribution in [0.25, 0.3) is 10.8 Å². The molecule has 1 fully saturated rings. The number of anilines is 1. The Morgan fingerprint density at radius 1 is 1.03 bits per heavy atom. The minimum atomic E-state index is -0.162. The molecule has 4 heterocycles. The van der Waals surface area contributed by atoms with Crippen molar-refractivity contribution in [3.05, 3.63) is 66.9 Å². The summed E-state index contributed by atoms with van der Waals surface area (Å²) in [6.45, 7) is 8.98. The first kappa shape index (κ1) is 25.3. The van der Waals surface area contributed by atoms with Crippen LogP contribution in [-0.4, -0.2) is 33.2 Å². The first-order valence-corrected chi connectivity index (χ1v) is 9.53.